The molecule has 0 aliphatic heterocycles. The Kier molecular flexibility index (Phi) is 7.87. The van der Waals surface area contributed by atoms with E-state index in [2.05, 4.69) is 20.0 Å². The monoisotopic (exact) mass is 373 g/mol. The van der Waals surface area contributed by atoms with Crippen LogP contribution in [0.3, 0.4) is 0 Å². The van der Waals surface area contributed by atoms with Gasteiger partial charge in [0.05, 0.1) is 13.2 Å². The van der Waals surface area contributed by atoms with Gasteiger partial charge >= 0.3 is 12.1 Å². The highest BCUT2D eigenvalue weighted by atomic mass is 19.4. The van der Waals surface area contributed by atoms with Gasteiger partial charge in [0.25, 0.3) is 5.91 Å². The molecule has 2 aromatic rings. The normalized spacial score (nSPS) is 10.7. The first-order valence-corrected chi connectivity index (χ1v) is 7.33. The number of carbonyl (C=O) groups excluding carboxylic acids is 1. The summed E-state index contributed by atoms with van der Waals surface area (Å²) in [6.07, 6.45) is -4.70. The van der Waals surface area contributed by atoms with Crippen molar-refractivity contribution < 1.29 is 27.6 Å². The number of aliphatic hydroxyl groups is 1. The van der Waals surface area contributed by atoms with E-state index in [1.165, 1.54) is 24.3 Å². The molecule has 1 amide bonds. The Balaban J connectivity index is 0.000000765. The van der Waals surface area contributed by atoms with E-state index in [1.54, 1.807) is 6.92 Å². The second-order valence-electron chi connectivity index (χ2n) is 4.97. The Morgan fingerprint density at radius 3 is 2.35 bits per heavy atom. The van der Waals surface area contributed by atoms with Crippen LogP contribution in [0.15, 0.2) is 28.8 Å². The number of nitrogens with one attached hydrogen (secondary N) is 2. The number of aromatic nitrogens is 2. The maximum absolute atomic E-state index is 12.4. The molecule has 1 aromatic heterocycles. The summed E-state index contributed by atoms with van der Waals surface area (Å²) in [5.74, 6) is -2.03. The van der Waals surface area contributed by atoms with Crippen molar-refractivity contribution in [1.29, 1.82) is 5.41 Å². The van der Waals surface area contributed by atoms with Gasteiger partial charge in [0, 0.05) is 23.4 Å². The van der Waals surface area contributed by atoms with Gasteiger partial charge in [-0.25, -0.2) is 0 Å². The number of hydrogen-bond donors (Lipinski definition) is 4. The molecular formula is C15H18F3N5O3. The van der Waals surface area contributed by atoms with Crippen molar-refractivity contribution in [3.05, 3.63) is 35.7 Å². The van der Waals surface area contributed by atoms with Crippen molar-refractivity contribution in [2.24, 2.45) is 5.73 Å². The van der Waals surface area contributed by atoms with E-state index in [1.807, 2.05) is 0 Å². The number of alkyl halides is 3. The number of aliphatic hydroxyl groups excluding tert-OH is 1. The maximum atomic E-state index is 12.4. The van der Waals surface area contributed by atoms with Gasteiger partial charge in [-0.15, -0.1) is 0 Å². The molecule has 2 rings (SSSR count). The molecule has 0 saturated carbocycles. The average Bonchev–Trinajstić information content (AvgIpc) is 3.10. The van der Waals surface area contributed by atoms with Crippen LogP contribution < -0.4 is 11.1 Å². The summed E-state index contributed by atoms with van der Waals surface area (Å²) in [6.45, 7) is 2.15. The number of nitrogens with two attached hydrogens (primary N) is 1. The summed E-state index contributed by atoms with van der Waals surface area (Å²) < 4.78 is 41.2. The molecule has 0 aliphatic rings. The molecule has 0 atom stereocenters. The zero-order valence-electron chi connectivity index (χ0n) is 13.8. The highest BCUT2D eigenvalue weighted by Crippen LogP contribution is 2.29. The molecule has 0 saturated heterocycles. The Bertz CT molecular complexity index is 727. The van der Waals surface area contributed by atoms with E-state index < -0.39 is 12.1 Å². The fraction of sp³-hybridized carbons (Fsp3) is 0.333. The average molecular weight is 373 g/mol. The lowest BCUT2D eigenvalue weighted by Gasteiger charge is -2.04. The Morgan fingerprint density at radius 1 is 1.35 bits per heavy atom. The van der Waals surface area contributed by atoms with E-state index in [-0.39, 0.29) is 24.9 Å². The summed E-state index contributed by atoms with van der Waals surface area (Å²) in [5, 5.41) is 20.7. The first-order valence-electron chi connectivity index (χ1n) is 7.33. The van der Waals surface area contributed by atoms with Crippen LogP contribution in [0.2, 0.25) is 0 Å². The quantitative estimate of drug-likeness (QED) is 0.586. The van der Waals surface area contributed by atoms with Crippen molar-refractivity contribution in [2.75, 3.05) is 19.7 Å². The van der Waals surface area contributed by atoms with Crippen molar-refractivity contribution in [2.45, 2.75) is 13.1 Å². The summed E-state index contributed by atoms with van der Waals surface area (Å²) >= 11 is 0. The van der Waals surface area contributed by atoms with Crippen LogP contribution in [-0.2, 0) is 6.18 Å². The van der Waals surface area contributed by atoms with E-state index >= 15 is 0 Å². The zero-order chi connectivity index (χ0) is 19.7. The molecule has 1 aromatic carbocycles. The van der Waals surface area contributed by atoms with Gasteiger partial charge in [0.1, 0.15) is 0 Å². The third-order valence-corrected chi connectivity index (χ3v) is 2.72. The van der Waals surface area contributed by atoms with Crippen LogP contribution in [0.5, 0.6) is 0 Å². The molecule has 0 fully saturated rings. The van der Waals surface area contributed by atoms with E-state index in [0.29, 0.717) is 23.4 Å². The smallest absolute Gasteiger partial charge is 0.395 e. The third-order valence-electron chi connectivity index (χ3n) is 2.72. The minimum atomic E-state index is -4.70. The highest BCUT2D eigenvalue weighted by Gasteiger charge is 2.38. The minimum Gasteiger partial charge on any atom is -0.395 e. The van der Waals surface area contributed by atoms with Crippen molar-refractivity contribution in [3.63, 3.8) is 0 Å². The number of halogens is 3. The fourth-order valence-corrected chi connectivity index (χ4v) is 1.54. The number of carbonyl (C=O) groups is 1. The fourth-order valence-electron chi connectivity index (χ4n) is 1.54. The second-order valence-corrected chi connectivity index (χ2v) is 4.97. The summed E-state index contributed by atoms with van der Waals surface area (Å²) in [4.78, 5) is 15.0. The van der Waals surface area contributed by atoms with Gasteiger partial charge in [-0.1, -0.05) is 17.3 Å². The first kappa shape index (κ1) is 21.3. The molecule has 0 spiro atoms. The topological polar surface area (TPSA) is 138 Å². The predicted octanol–water partition coefficient (Wildman–Crippen LogP) is 1.46. The van der Waals surface area contributed by atoms with E-state index in [0.717, 1.165) is 0 Å². The largest absolute Gasteiger partial charge is 0.471 e. The van der Waals surface area contributed by atoms with Crippen LogP contribution in [0.1, 0.15) is 23.2 Å². The number of hydrogen-bond acceptors (Lipinski definition) is 7. The summed E-state index contributed by atoms with van der Waals surface area (Å²) in [6, 6.07) is 5.68. The highest BCUT2D eigenvalue weighted by molar-refractivity contribution is 5.97. The van der Waals surface area contributed by atoms with Crippen molar-refractivity contribution >= 4 is 11.6 Å². The van der Waals surface area contributed by atoms with Gasteiger partial charge in [-0.05, 0) is 19.1 Å². The summed E-state index contributed by atoms with van der Waals surface area (Å²) in [7, 11) is 0. The van der Waals surface area contributed by atoms with Gasteiger partial charge < -0.3 is 26.1 Å². The van der Waals surface area contributed by atoms with Gasteiger partial charge in [-0.2, -0.15) is 18.2 Å². The standard InChI is InChI=1S/C13H11F3N4O2.C2H7NO/c1-7(17)6-18-11(21)9-4-2-8(3-5-9)10-19-12(22-20-10)13(14,15)16;3-1-2-4/h2-5,17H,6H2,1H3,(H,18,21);4H,1-3H2. The van der Waals surface area contributed by atoms with Crippen LogP contribution in [0.4, 0.5) is 13.2 Å². The zero-order valence-corrected chi connectivity index (χ0v) is 13.8. The lowest BCUT2D eigenvalue weighted by atomic mass is 10.1. The molecule has 142 valence electrons. The van der Waals surface area contributed by atoms with Crippen LogP contribution in [0, 0.1) is 5.41 Å². The molecule has 26 heavy (non-hydrogen) atoms. The predicted molar refractivity (Wildman–Crippen MR) is 86.6 cm³/mol. The van der Waals surface area contributed by atoms with Crippen molar-refractivity contribution in [3.8, 4) is 11.4 Å². The Labute approximate surface area is 146 Å². The Morgan fingerprint density at radius 2 is 1.92 bits per heavy atom. The number of rotatable bonds is 5. The van der Waals surface area contributed by atoms with Gasteiger partial charge in [0.15, 0.2) is 0 Å². The van der Waals surface area contributed by atoms with Crippen LogP contribution in [-0.4, -0.2) is 46.6 Å². The minimum absolute atomic E-state index is 0.0972. The Hall–Kier alpha value is -2.79. The number of benzene rings is 1. The first-order chi connectivity index (χ1) is 12.2. The maximum Gasteiger partial charge on any atom is 0.471 e. The lowest BCUT2D eigenvalue weighted by molar-refractivity contribution is -0.159. The van der Waals surface area contributed by atoms with E-state index in [4.69, 9.17) is 16.2 Å². The molecule has 0 radical (unpaired) electrons. The number of nitrogens with zero attached hydrogens (tertiary/aromatic N) is 2. The molecule has 1 heterocycles. The molecule has 0 bridgehead atoms. The van der Waals surface area contributed by atoms with Gasteiger partial charge in [-0.3, -0.25) is 4.79 Å². The molecule has 0 aliphatic carbocycles. The molecule has 11 heteroatoms. The lowest BCUT2D eigenvalue weighted by Crippen LogP contribution is -2.27. The van der Waals surface area contributed by atoms with Crippen LogP contribution >= 0.6 is 0 Å². The number of amides is 1. The second kappa shape index (κ2) is 9.63. The SMILES string of the molecule is CC(=N)CNC(=O)c1ccc(-c2noc(C(F)(F)F)n2)cc1.NCCO. The van der Waals surface area contributed by atoms with E-state index in [9.17, 15) is 18.0 Å². The van der Waals surface area contributed by atoms with Gasteiger partial charge in [0.2, 0.25) is 5.82 Å². The van der Waals surface area contributed by atoms with Crippen molar-refractivity contribution in [1.82, 2.24) is 15.5 Å². The molecular weight excluding hydrogens is 355 g/mol. The summed E-state index contributed by atoms with van der Waals surface area (Å²) in [5.41, 5.74) is 5.68. The van der Waals surface area contributed by atoms with Crippen LogP contribution in [0.25, 0.3) is 11.4 Å². The third kappa shape index (κ3) is 6.61. The molecule has 5 N–H and O–H groups in total. The molecule has 8 nitrogen and oxygen atoms in total. The molecule has 0 unspecified atom stereocenters.